The summed E-state index contributed by atoms with van der Waals surface area (Å²) < 4.78 is 5.01. The lowest BCUT2D eigenvalue weighted by Crippen LogP contribution is -2.30. The Morgan fingerprint density at radius 3 is 1.33 bits per heavy atom. The highest BCUT2D eigenvalue weighted by molar-refractivity contribution is 4.49. The summed E-state index contributed by atoms with van der Waals surface area (Å²) in [5, 5.41) is 10.2. The van der Waals surface area contributed by atoms with Gasteiger partial charge in [0.2, 0.25) is 0 Å². The number of aliphatic hydroxyl groups is 1. The monoisotopic (exact) mass is 179 g/mol. The number of nitrogens with one attached hydrogen (secondary N) is 1. The third kappa shape index (κ3) is 22.5. The first-order valence-electron chi connectivity index (χ1n) is 4.73. The van der Waals surface area contributed by atoms with Gasteiger partial charge in [0.15, 0.2) is 0 Å². The van der Waals surface area contributed by atoms with Crippen molar-refractivity contribution >= 4 is 0 Å². The van der Waals surface area contributed by atoms with Crippen molar-refractivity contribution < 1.29 is 9.84 Å². The number of ether oxygens (including phenoxy) is 1. The molecule has 0 aromatic carbocycles. The van der Waals surface area contributed by atoms with Crippen molar-refractivity contribution in [3.05, 3.63) is 0 Å². The molecular formula is C9H25NO2. The molecule has 1 fully saturated rings. The fraction of sp³-hybridized carbons (Fsp3) is 1.00. The molecule has 0 saturated carbocycles. The van der Waals surface area contributed by atoms with Crippen LogP contribution in [0.5, 0.6) is 0 Å². The van der Waals surface area contributed by atoms with E-state index in [0.29, 0.717) is 0 Å². The highest BCUT2D eigenvalue weighted by atomic mass is 16.5. The van der Waals surface area contributed by atoms with Crippen LogP contribution in [0.15, 0.2) is 0 Å². The standard InChI is InChI=1S/C4H9NO.2C2H6.CH4O/c1-3-6-4-2-5-1;3*1-2/h5H,1-4H2;2*1-2H3;2H,1H3. The zero-order valence-electron chi connectivity index (χ0n) is 9.18. The molecule has 3 nitrogen and oxygen atoms in total. The Morgan fingerprint density at radius 1 is 0.917 bits per heavy atom. The van der Waals surface area contributed by atoms with Gasteiger partial charge in [-0.05, 0) is 0 Å². The lowest BCUT2D eigenvalue weighted by molar-refractivity contribution is 0.109. The molecule has 1 saturated heterocycles. The summed E-state index contributed by atoms with van der Waals surface area (Å²) in [5.41, 5.74) is 0. The molecule has 1 heterocycles. The number of rotatable bonds is 0. The molecule has 0 spiro atoms. The largest absolute Gasteiger partial charge is 0.400 e. The molecular weight excluding hydrogens is 154 g/mol. The Labute approximate surface area is 77.1 Å². The molecule has 1 aliphatic heterocycles. The molecule has 0 radical (unpaired) electrons. The summed E-state index contributed by atoms with van der Waals surface area (Å²) in [6.45, 7) is 11.8. The van der Waals surface area contributed by atoms with Crippen LogP contribution in [-0.2, 0) is 4.74 Å². The van der Waals surface area contributed by atoms with E-state index in [-0.39, 0.29) is 0 Å². The second-order valence-electron chi connectivity index (χ2n) is 1.36. The lowest BCUT2D eigenvalue weighted by atomic mass is 10.5. The van der Waals surface area contributed by atoms with Crippen molar-refractivity contribution in [2.75, 3.05) is 33.4 Å². The van der Waals surface area contributed by atoms with E-state index in [1.54, 1.807) is 0 Å². The predicted molar refractivity (Wildman–Crippen MR) is 54.5 cm³/mol. The lowest BCUT2D eigenvalue weighted by Gasteiger charge is -2.10. The minimum Gasteiger partial charge on any atom is -0.400 e. The van der Waals surface area contributed by atoms with E-state index in [1.807, 2.05) is 27.7 Å². The highest BCUT2D eigenvalue weighted by Gasteiger charge is 1.92. The predicted octanol–water partition coefficient (Wildman–Crippen LogP) is 1.27. The van der Waals surface area contributed by atoms with Crippen LogP contribution in [0.25, 0.3) is 0 Å². The van der Waals surface area contributed by atoms with Crippen molar-refractivity contribution in [3.8, 4) is 0 Å². The minimum atomic E-state index is 0.889. The van der Waals surface area contributed by atoms with Crippen molar-refractivity contribution in [1.29, 1.82) is 0 Å². The molecule has 1 rings (SSSR count). The molecule has 2 N–H and O–H groups in total. The topological polar surface area (TPSA) is 41.5 Å². The zero-order valence-corrected chi connectivity index (χ0v) is 9.18. The van der Waals surface area contributed by atoms with Crippen molar-refractivity contribution in [2.45, 2.75) is 27.7 Å². The normalized spacial score (nSPS) is 13.5. The van der Waals surface area contributed by atoms with Gasteiger partial charge in [0.1, 0.15) is 0 Å². The summed E-state index contributed by atoms with van der Waals surface area (Å²) in [5.74, 6) is 0. The maximum atomic E-state index is 7.00. The van der Waals surface area contributed by atoms with Gasteiger partial charge >= 0.3 is 0 Å². The fourth-order valence-corrected chi connectivity index (χ4v) is 0.516. The first-order chi connectivity index (χ1) is 6.00. The molecule has 0 bridgehead atoms. The first kappa shape index (κ1) is 17.8. The summed E-state index contributed by atoms with van der Waals surface area (Å²) in [4.78, 5) is 0. The SMILES string of the molecule is C1COCCN1.CC.CC.CO. The molecule has 0 aromatic rings. The van der Waals surface area contributed by atoms with E-state index in [9.17, 15) is 0 Å². The van der Waals surface area contributed by atoms with E-state index >= 15 is 0 Å². The van der Waals surface area contributed by atoms with Gasteiger partial charge in [-0.25, -0.2) is 0 Å². The molecule has 12 heavy (non-hydrogen) atoms. The Morgan fingerprint density at radius 2 is 1.25 bits per heavy atom. The maximum Gasteiger partial charge on any atom is 0.0591 e. The Hall–Kier alpha value is -0.120. The Bertz CT molecular complexity index is 28.0. The van der Waals surface area contributed by atoms with Crippen LogP contribution in [0.3, 0.4) is 0 Å². The molecule has 0 unspecified atom stereocenters. The first-order valence-corrected chi connectivity index (χ1v) is 4.73. The summed E-state index contributed by atoms with van der Waals surface area (Å²) in [7, 11) is 1.00. The van der Waals surface area contributed by atoms with Gasteiger partial charge in [-0.1, -0.05) is 27.7 Å². The van der Waals surface area contributed by atoms with Crippen LogP contribution < -0.4 is 5.32 Å². The van der Waals surface area contributed by atoms with Crippen molar-refractivity contribution in [2.24, 2.45) is 0 Å². The molecule has 1 aliphatic rings. The molecule has 0 amide bonds. The molecule has 0 aromatic heterocycles. The van der Waals surface area contributed by atoms with Crippen LogP contribution in [0.1, 0.15) is 27.7 Å². The van der Waals surface area contributed by atoms with E-state index in [0.717, 1.165) is 33.4 Å². The summed E-state index contributed by atoms with van der Waals surface area (Å²) in [6.07, 6.45) is 0. The van der Waals surface area contributed by atoms with Crippen LogP contribution in [0, 0.1) is 0 Å². The van der Waals surface area contributed by atoms with Gasteiger partial charge in [-0.3, -0.25) is 0 Å². The minimum absolute atomic E-state index is 0.889. The number of hydrogen-bond donors (Lipinski definition) is 2. The zero-order chi connectivity index (χ0) is 10.2. The second kappa shape index (κ2) is 30.7. The van der Waals surface area contributed by atoms with Crippen LogP contribution in [-0.4, -0.2) is 38.5 Å². The van der Waals surface area contributed by atoms with Crippen molar-refractivity contribution in [1.82, 2.24) is 5.32 Å². The number of morpholine rings is 1. The van der Waals surface area contributed by atoms with Crippen LogP contribution >= 0.6 is 0 Å². The fourth-order valence-electron chi connectivity index (χ4n) is 0.516. The quantitative estimate of drug-likeness (QED) is 0.588. The van der Waals surface area contributed by atoms with Crippen molar-refractivity contribution in [3.63, 3.8) is 0 Å². The number of aliphatic hydroxyl groups excluding tert-OH is 1. The summed E-state index contributed by atoms with van der Waals surface area (Å²) >= 11 is 0. The van der Waals surface area contributed by atoms with Crippen LogP contribution in [0.4, 0.5) is 0 Å². The highest BCUT2D eigenvalue weighted by Crippen LogP contribution is 1.76. The van der Waals surface area contributed by atoms with Gasteiger partial charge in [0.05, 0.1) is 13.2 Å². The molecule has 78 valence electrons. The van der Waals surface area contributed by atoms with Gasteiger partial charge in [-0.15, -0.1) is 0 Å². The van der Waals surface area contributed by atoms with Gasteiger partial charge < -0.3 is 15.2 Å². The summed E-state index contributed by atoms with van der Waals surface area (Å²) in [6, 6.07) is 0. The van der Waals surface area contributed by atoms with E-state index in [1.165, 1.54) is 0 Å². The average Bonchev–Trinajstić information content (AvgIpc) is 2.29. The molecule has 0 atom stereocenters. The molecule has 3 heteroatoms. The Kier molecular flexibility index (Phi) is 45.7. The van der Waals surface area contributed by atoms with E-state index < -0.39 is 0 Å². The Balaban J connectivity index is -0.000000117. The van der Waals surface area contributed by atoms with E-state index in [4.69, 9.17) is 9.84 Å². The maximum absolute atomic E-state index is 7.00. The van der Waals surface area contributed by atoms with E-state index in [2.05, 4.69) is 5.32 Å². The average molecular weight is 179 g/mol. The van der Waals surface area contributed by atoms with Gasteiger partial charge in [0, 0.05) is 20.2 Å². The van der Waals surface area contributed by atoms with Crippen LogP contribution in [0.2, 0.25) is 0 Å². The van der Waals surface area contributed by atoms with Gasteiger partial charge in [-0.2, -0.15) is 0 Å². The third-order valence-electron chi connectivity index (χ3n) is 0.846. The molecule has 0 aliphatic carbocycles. The third-order valence-corrected chi connectivity index (χ3v) is 0.846. The number of hydrogen-bond acceptors (Lipinski definition) is 3. The van der Waals surface area contributed by atoms with Gasteiger partial charge in [0.25, 0.3) is 0 Å². The smallest absolute Gasteiger partial charge is 0.0591 e. The second-order valence-corrected chi connectivity index (χ2v) is 1.36.